The Hall–Kier alpha value is -2.64. The topological polar surface area (TPSA) is 49.3 Å². The Morgan fingerprint density at radius 1 is 0.917 bits per heavy atom. The van der Waals surface area contributed by atoms with Gasteiger partial charge in [0.05, 0.1) is 11.1 Å². The van der Waals surface area contributed by atoms with Gasteiger partial charge in [-0.3, -0.25) is 4.79 Å². The number of rotatable bonds is 3. The maximum absolute atomic E-state index is 12.6. The Labute approximate surface area is 136 Å². The average molecular weight is 336 g/mol. The van der Waals surface area contributed by atoms with Gasteiger partial charge in [-0.2, -0.15) is 13.2 Å². The number of aldehydes is 1. The average Bonchev–Trinajstić information content (AvgIpc) is 2.61. The van der Waals surface area contributed by atoms with Gasteiger partial charge in [0.25, 0.3) is 0 Å². The van der Waals surface area contributed by atoms with E-state index in [1.54, 1.807) is 0 Å². The minimum absolute atomic E-state index is 0.419. The number of piperazine rings is 1. The number of carbonyl (C=O) groups is 1. The molecule has 0 atom stereocenters. The van der Waals surface area contributed by atoms with E-state index in [4.69, 9.17) is 0 Å². The highest BCUT2D eigenvalue weighted by molar-refractivity contribution is 5.73. The molecule has 1 aliphatic rings. The van der Waals surface area contributed by atoms with Crippen LogP contribution in [-0.4, -0.2) is 42.4 Å². The molecule has 126 valence electrons. The molecule has 1 saturated heterocycles. The SMILES string of the molecule is O=Cc1cnc(N2CCN(c3ccc(C(F)(F)F)cc3)CC2)nc1. The molecule has 0 unspecified atom stereocenters. The summed E-state index contributed by atoms with van der Waals surface area (Å²) in [5.41, 5.74) is 0.538. The van der Waals surface area contributed by atoms with E-state index in [0.29, 0.717) is 44.0 Å². The smallest absolute Gasteiger partial charge is 0.368 e. The quantitative estimate of drug-likeness (QED) is 0.807. The third-order valence-corrected chi connectivity index (χ3v) is 3.92. The third kappa shape index (κ3) is 3.47. The molecule has 1 aromatic carbocycles. The van der Waals surface area contributed by atoms with E-state index in [2.05, 4.69) is 9.97 Å². The minimum Gasteiger partial charge on any atom is -0.368 e. The molecule has 0 saturated carbocycles. The summed E-state index contributed by atoms with van der Waals surface area (Å²) in [4.78, 5) is 22.9. The summed E-state index contributed by atoms with van der Waals surface area (Å²) >= 11 is 0. The fourth-order valence-corrected chi connectivity index (χ4v) is 2.58. The van der Waals surface area contributed by atoms with Gasteiger partial charge in [-0.1, -0.05) is 0 Å². The van der Waals surface area contributed by atoms with Crippen molar-refractivity contribution in [2.24, 2.45) is 0 Å². The molecular formula is C16H15F3N4O. The van der Waals surface area contributed by atoms with Gasteiger partial charge in [-0.25, -0.2) is 9.97 Å². The van der Waals surface area contributed by atoms with Crippen molar-refractivity contribution in [1.29, 1.82) is 0 Å². The minimum atomic E-state index is -4.32. The number of hydrogen-bond acceptors (Lipinski definition) is 5. The standard InChI is InChI=1S/C16H15F3N4O/c17-16(18,19)13-1-3-14(4-2-13)22-5-7-23(8-6-22)15-20-9-12(11-24)10-21-15/h1-4,9-11H,5-8H2. The van der Waals surface area contributed by atoms with Crippen LogP contribution in [0.5, 0.6) is 0 Å². The lowest BCUT2D eigenvalue weighted by atomic mass is 10.1. The second-order valence-corrected chi connectivity index (χ2v) is 5.45. The second-order valence-electron chi connectivity index (χ2n) is 5.45. The fourth-order valence-electron chi connectivity index (χ4n) is 2.58. The first kappa shape index (κ1) is 16.2. The van der Waals surface area contributed by atoms with Gasteiger partial charge in [0.1, 0.15) is 0 Å². The largest absolute Gasteiger partial charge is 0.416 e. The highest BCUT2D eigenvalue weighted by Gasteiger charge is 2.30. The van der Waals surface area contributed by atoms with Crippen LogP contribution in [0.1, 0.15) is 15.9 Å². The Bertz CT molecular complexity index is 693. The van der Waals surface area contributed by atoms with Crippen LogP contribution >= 0.6 is 0 Å². The third-order valence-electron chi connectivity index (χ3n) is 3.92. The van der Waals surface area contributed by atoms with Crippen molar-refractivity contribution >= 4 is 17.9 Å². The van der Waals surface area contributed by atoms with Crippen LogP contribution in [0.15, 0.2) is 36.7 Å². The summed E-state index contributed by atoms with van der Waals surface area (Å²) in [5.74, 6) is 0.549. The molecular weight excluding hydrogens is 321 g/mol. The van der Waals surface area contributed by atoms with Crippen LogP contribution in [0.3, 0.4) is 0 Å². The normalized spacial score (nSPS) is 15.5. The van der Waals surface area contributed by atoms with Crippen molar-refractivity contribution in [2.75, 3.05) is 36.0 Å². The molecule has 2 aromatic rings. The van der Waals surface area contributed by atoms with Crippen LogP contribution in [0.4, 0.5) is 24.8 Å². The van der Waals surface area contributed by atoms with Gasteiger partial charge in [-0.05, 0) is 24.3 Å². The number of aromatic nitrogens is 2. The number of anilines is 2. The molecule has 24 heavy (non-hydrogen) atoms. The molecule has 1 fully saturated rings. The molecule has 2 heterocycles. The van der Waals surface area contributed by atoms with E-state index in [1.165, 1.54) is 24.5 Å². The second kappa shape index (κ2) is 6.46. The Balaban J connectivity index is 1.63. The van der Waals surface area contributed by atoms with Crippen LogP contribution in [0.2, 0.25) is 0 Å². The van der Waals surface area contributed by atoms with Crippen LogP contribution in [0, 0.1) is 0 Å². The van der Waals surface area contributed by atoms with E-state index in [-0.39, 0.29) is 0 Å². The number of benzene rings is 1. The summed E-state index contributed by atoms with van der Waals surface area (Å²) in [7, 11) is 0. The predicted molar refractivity (Wildman–Crippen MR) is 83.3 cm³/mol. The number of halogens is 3. The zero-order valence-corrected chi connectivity index (χ0v) is 12.7. The van der Waals surface area contributed by atoms with Gasteiger partial charge in [0.2, 0.25) is 5.95 Å². The lowest BCUT2D eigenvalue weighted by molar-refractivity contribution is -0.137. The number of hydrogen-bond donors (Lipinski definition) is 0. The van der Waals surface area contributed by atoms with E-state index < -0.39 is 11.7 Å². The van der Waals surface area contributed by atoms with Gasteiger partial charge in [-0.15, -0.1) is 0 Å². The van der Waals surface area contributed by atoms with E-state index in [1.807, 2.05) is 9.80 Å². The number of nitrogens with zero attached hydrogens (tertiary/aromatic N) is 4. The predicted octanol–water partition coefficient (Wildman–Crippen LogP) is 2.63. The summed E-state index contributed by atoms with van der Waals surface area (Å²) in [6.45, 7) is 2.62. The summed E-state index contributed by atoms with van der Waals surface area (Å²) in [6.07, 6.45) is -0.691. The van der Waals surface area contributed by atoms with Crippen molar-refractivity contribution in [3.05, 3.63) is 47.8 Å². The van der Waals surface area contributed by atoms with Crippen LogP contribution in [-0.2, 0) is 6.18 Å². The molecule has 0 aliphatic carbocycles. The zero-order valence-electron chi connectivity index (χ0n) is 12.7. The summed E-state index contributed by atoms with van der Waals surface area (Å²) in [6, 6.07) is 5.19. The fraction of sp³-hybridized carbons (Fsp3) is 0.312. The van der Waals surface area contributed by atoms with Crippen LogP contribution in [0.25, 0.3) is 0 Å². The molecule has 3 rings (SSSR count). The molecule has 8 heteroatoms. The Morgan fingerprint density at radius 3 is 1.96 bits per heavy atom. The lowest BCUT2D eigenvalue weighted by Crippen LogP contribution is -2.47. The van der Waals surface area contributed by atoms with E-state index in [9.17, 15) is 18.0 Å². The van der Waals surface area contributed by atoms with Gasteiger partial charge in [0.15, 0.2) is 6.29 Å². The maximum Gasteiger partial charge on any atom is 0.416 e. The van der Waals surface area contributed by atoms with Crippen molar-refractivity contribution < 1.29 is 18.0 Å². The highest BCUT2D eigenvalue weighted by atomic mass is 19.4. The number of alkyl halides is 3. The van der Waals surface area contributed by atoms with Crippen molar-refractivity contribution in [1.82, 2.24) is 9.97 Å². The Morgan fingerprint density at radius 2 is 1.46 bits per heavy atom. The monoisotopic (exact) mass is 336 g/mol. The molecule has 1 aromatic heterocycles. The first-order valence-electron chi connectivity index (χ1n) is 7.42. The molecule has 0 amide bonds. The number of carbonyl (C=O) groups excluding carboxylic acids is 1. The molecule has 5 nitrogen and oxygen atoms in total. The first-order chi connectivity index (χ1) is 11.5. The summed E-state index contributed by atoms with van der Waals surface area (Å²) in [5, 5.41) is 0. The molecule has 0 N–H and O–H groups in total. The lowest BCUT2D eigenvalue weighted by Gasteiger charge is -2.36. The molecule has 0 bridgehead atoms. The van der Waals surface area contributed by atoms with Crippen molar-refractivity contribution in [3.8, 4) is 0 Å². The van der Waals surface area contributed by atoms with Gasteiger partial charge >= 0.3 is 6.18 Å². The van der Waals surface area contributed by atoms with Gasteiger partial charge in [0, 0.05) is 44.3 Å². The highest BCUT2D eigenvalue weighted by Crippen LogP contribution is 2.30. The molecule has 0 spiro atoms. The first-order valence-corrected chi connectivity index (χ1v) is 7.42. The van der Waals surface area contributed by atoms with Crippen molar-refractivity contribution in [3.63, 3.8) is 0 Å². The van der Waals surface area contributed by atoms with Gasteiger partial charge < -0.3 is 9.80 Å². The summed E-state index contributed by atoms with van der Waals surface area (Å²) < 4.78 is 37.8. The molecule has 1 aliphatic heterocycles. The molecule has 0 radical (unpaired) electrons. The van der Waals surface area contributed by atoms with E-state index in [0.717, 1.165) is 17.8 Å². The maximum atomic E-state index is 12.6. The van der Waals surface area contributed by atoms with Crippen molar-refractivity contribution in [2.45, 2.75) is 6.18 Å². The Kier molecular flexibility index (Phi) is 4.37. The van der Waals surface area contributed by atoms with Crippen LogP contribution < -0.4 is 9.80 Å². The van der Waals surface area contributed by atoms with E-state index >= 15 is 0 Å². The zero-order chi connectivity index (χ0) is 17.2.